The average Bonchev–Trinajstić information content (AvgIpc) is 2.39. The predicted molar refractivity (Wildman–Crippen MR) is 65.7 cm³/mol. The Morgan fingerprint density at radius 2 is 2.18 bits per heavy atom. The smallest absolute Gasteiger partial charge is 0.220 e. The van der Waals surface area contributed by atoms with E-state index in [0.29, 0.717) is 0 Å². The minimum Gasteiger partial charge on any atom is -0.373 e. The van der Waals surface area contributed by atoms with Crippen molar-refractivity contribution in [3.8, 4) is 0 Å². The Morgan fingerprint density at radius 1 is 1.47 bits per heavy atom. The molecule has 0 saturated carbocycles. The summed E-state index contributed by atoms with van der Waals surface area (Å²) in [6.45, 7) is 1.63. The molecule has 0 aliphatic carbocycles. The number of primary amides is 1. The number of carbonyl (C=O) groups is 1. The van der Waals surface area contributed by atoms with Crippen LogP contribution in [0.4, 0.5) is 11.6 Å². The van der Waals surface area contributed by atoms with Crippen LogP contribution in [0.3, 0.4) is 0 Å². The summed E-state index contributed by atoms with van der Waals surface area (Å²) in [5.74, 6) is 1.51. The molecule has 1 aromatic rings. The van der Waals surface area contributed by atoms with E-state index in [-0.39, 0.29) is 11.8 Å². The lowest BCUT2D eigenvalue weighted by Crippen LogP contribution is -2.38. The number of piperidine rings is 1. The molecule has 92 valence electrons. The lowest BCUT2D eigenvalue weighted by Gasteiger charge is -2.31. The summed E-state index contributed by atoms with van der Waals surface area (Å²) in [5, 5.41) is 2.98. The van der Waals surface area contributed by atoms with Gasteiger partial charge in [-0.2, -0.15) is 0 Å². The molecule has 6 nitrogen and oxygen atoms in total. The van der Waals surface area contributed by atoms with Crippen molar-refractivity contribution in [1.29, 1.82) is 0 Å². The molecule has 1 saturated heterocycles. The van der Waals surface area contributed by atoms with Crippen LogP contribution in [0.15, 0.2) is 12.4 Å². The van der Waals surface area contributed by atoms with Crippen LogP contribution in [0.25, 0.3) is 0 Å². The van der Waals surface area contributed by atoms with Crippen LogP contribution >= 0.6 is 0 Å². The molecular weight excluding hydrogens is 218 g/mol. The maximum Gasteiger partial charge on any atom is 0.220 e. The van der Waals surface area contributed by atoms with Crippen molar-refractivity contribution >= 4 is 17.5 Å². The predicted octanol–water partition coefficient (Wildman–Crippen LogP) is 0.220. The van der Waals surface area contributed by atoms with Crippen LogP contribution in [0.1, 0.15) is 12.8 Å². The first-order chi connectivity index (χ1) is 8.20. The molecule has 3 N–H and O–H groups in total. The highest BCUT2D eigenvalue weighted by Crippen LogP contribution is 2.22. The van der Waals surface area contributed by atoms with Gasteiger partial charge in [0.2, 0.25) is 5.91 Å². The summed E-state index contributed by atoms with van der Waals surface area (Å²) in [4.78, 5) is 21.5. The number of hydrogen-bond donors (Lipinski definition) is 2. The first kappa shape index (κ1) is 11.6. The van der Waals surface area contributed by atoms with Gasteiger partial charge in [-0.3, -0.25) is 4.79 Å². The fourth-order valence-electron chi connectivity index (χ4n) is 2.05. The summed E-state index contributed by atoms with van der Waals surface area (Å²) in [7, 11) is 1.82. The fraction of sp³-hybridized carbons (Fsp3) is 0.545. The van der Waals surface area contributed by atoms with E-state index in [1.165, 1.54) is 0 Å². The SMILES string of the molecule is CNc1cc(N2CCC(C(N)=O)CC2)ncn1. The van der Waals surface area contributed by atoms with Crippen molar-refractivity contribution in [2.24, 2.45) is 11.7 Å². The molecular formula is C11H17N5O. The first-order valence-corrected chi connectivity index (χ1v) is 5.74. The fourth-order valence-corrected chi connectivity index (χ4v) is 2.05. The second-order valence-electron chi connectivity index (χ2n) is 4.18. The molecule has 0 unspecified atom stereocenters. The molecule has 17 heavy (non-hydrogen) atoms. The van der Waals surface area contributed by atoms with E-state index in [2.05, 4.69) is 20.2 Å². The summed E-state index contributed by atoms with van der Waals surface area (Å²) in [6, 6.07) is 1.91. The lowest BCUT2D eigenvalue weighted by atomic mass is 9.96. The molecule has 1 aliphatic rings. The van der Waals surface area contributed by atoms with Crippen LogP contribution in [-0.4, -0.2) is 36.0 Å². The Kier molecular flexibility index (Phi) is 3.41. The van der Waals surface area contributed by atoms with Gasteiger partial charge in [0, 0.05) is 32.1 Å². The largest absolute Gasteiger partial charge is 0.373 e. The highest BCUT2D eigenvalue weighted by molar-refractivity contribution is 5.77. The molecule has 1 aliphatic heterocycles. The van der Waals surface area contributed by atoms with Crippen LogP contribution in [0.2, 0.25) is 0 Å². The van der Waals surface area contributed by atoms with E-state index in [1.807, 2.05) is 13.1 Å². The third-order valence-electron chi connectivity index (χ3n) is 3.13. The number of nitrogens with two attached hydrogens (primary N) is 1. The van der Waals surface area contributed by atoms with Gasteiger partial charge in [0.05, 0.1) is 0 Å². The minimum absolute atomic E-state index is 0.0110. The van der Waals surface area contributed by atoms with Gasteiger partial charge in [0.15, 0.2) is 0 Å². The summed E-state index contributed by atoms with van der Waals surface area (Å²) < 4.78 is 0. The molecule has 2 heterocycles. The number of carbonyl (C=O) groups excluding carboxylic acids is 1. The monoisotopic (exact) mass is 235 g/mol. The number of aromatic nitrogens is 2. The molecule has 0 aromatic carbocycles. The third kappa shape index (κ3) is 2.64. The van der Waals surface area contributed by atoms with E-state index in [0.717, 1.165) is 37.6 Å². The highest BCUT2D eigenvalue weighted by Gasteiger charge is 2.23. The van der Waals surface area contributed by atoms with Gasteiger partial charge in [-0.1, -0.05) is 0 Å². The van der Waals surface area contributed by atoms with Gasteiger partial charge < -0.3 is 16.0 Å². The van der Waals surface area contributed by atoms with Crippen molar-refractivity contribution in [2.45, 2.75) is 12.8 Å². The van der Waals surface area contributed by atoms with E-state index in [9.17, 15) is 4.79 Å². The topological polar surface area (TPSA) is 84.1 Å². The van der Waals surface area contributed by atoms with Crippen LogP contribution in [0.5, 0.6) is 0 Å². The number of nitrogens with one attached hydrogen (secondary N) is 1. The van der Waals surface area contributed by atoms with Crippen molar-refractivity contribution < 1.29 is 4.79 Å². The second-order valence-corrected chi connectivity index (χ2v) is 4.18. The Balaban J connectivity index is 2.02. The number of anilines is 2. The van der Waals surface area contributed by atoms with E-state index < -0.39 is 0 Å². The van der Waals surface area contributed by atoms with Crippen LogP contribution < -0.4 is 16.0 Å². The summed E-state index contributed by atoms with van der Waals surface area (Å²) in [6.07, 6.45) is 3.14. The maximum atomic E-state index is 11.1. The van der Waals surface area contributed by atoms with Crippen LogP contribution in [0, 0.1) is 5.92 Å². The molecule has 0 radical (unpaired) electrons. The Hall–Kier alpha value is -1.85. The van der Waals surface area contributed by atoms with E-state index in [1.54, 1.807) is 6.33 Å². The van der Waals surface area contributed by atoms with Crippen molar-refractivity contribution in [3.63, 3.8) is 0 Å². The molecule has 1 fully saturated rings. The molecule has 1 amide bonds. The van der Waals surface area contributed by atoms with Gasteiger partial charge in [-0.15, -0.1) is 0 Å². The van der Waals surface area contributed by atoms with Crippen molar-refractivity contribution in [2.75, 3.05) is 30.4 Å². The molecule has 6 heteroatoms. The number of rotatable bonds is 3. The zero-order valence-electron chi connectivity index (χ0n) is 9.89. The zero-order chi connectivity index (χ0) is 12.3. The van der Waals surface area contributed by atoms with E-state index in [4.69, 9.17) is 5.73 Å². The highest BCUT2D eigenvalue weighted by atomic mass is 16.1. The number of amides is 1. The summed E-state index contributed by atoms with van der Waals surface area (Å²) in [5.41, 5.74) is 5.30. The van der Waals surface area contributed by atoms with Crippen molar-refractivity contribution in [3.05, 3.63) is 12.4 Å². The maximum absolute atomic E-state index is 11.1. The lowest BCUT2D eigenvalue weighted by molar-refractivity contribution is -0.122. The molecule has 0 atom stereocenters. The Labute approximate surface area is 100 Å². The van der Waals surface area contributed by atoms with Gasteiger partial charge in [0.1, 0.15) is 18.0 Å². The third-order valence-corrected chi connectivity index (χ3v) is 3.13. The normalized spacial score (nSPS) is 16.9. The molecule has 0 spiro atoms. The second kappa shape index (κ2) is 4.99. The number of hydrogen-bond acceptors (Lipinski definition) is 5. The van der Waals surface area contributed by atoms with Gasteiger partial charge in [0.25, 0.3) is 0 Å². The Bertz CT molecular complexity index is 401. The van der Waals surface area contributed by atoms with Crippen molar-refractivity contribution in [1.82, 2.24) is 9.97 Å². The minimum atomic E-state index is -0.191. The molecule has 2 rings (SSSR count). The summed E-state index contributed by atoms with van der Waals surface area (Å²) >= 11 is 0. The van der Waals surface area contributed by atoms with Gasteiger partial charge >= 0.3 is 0 Å². The van der Waals surface area contributed by atoms with Gasteiger partial charge in [-0.05, 0) is 12.8 Å². The molecule has 0 bridgehead atoms. The Morgan fingerprint density at radius 3 is 2.76 bits per heavy atom. The van der Waals surface area contributed by atoms with E-state index >= 15 is 0 Å². The first-order valence-electron chi connectivity index (χ1n) is 5.74. The van der Waals surface area contributed by atoms with Crippen LogP contribution in [-0.2, 0) is 4.79 Å². The average molecular weight is 235 g/mol. The number of nitrogens with zero attached hydrogens (tertiary/aromatic N) is 3. The standard InChI is InChI=1S/C11H17N5O/c1-13-9-6-10(15-7-14-9)16-4-2-8(3-5-16)11(12)17/h6-8H,2-5H2,1H3,(H2,12,17)(H,13,14,15). The quantitative estimate of drug-likeness (QED) is 0.783. The molecule has 1 aromatic heterocycles. The van der Waals surface area contributed by atoms with Gasteiger partial charge in [-0.25, -0.2) is 9.97 Å². The zero-order valence-corrected chi connectivity index (χ0v) is 9.89.